The summed E-state index contributed by atoms with van der Waals surface area (Å²) in [5, 5.41) is 2.82. The zero-order valence-corrected chi connectivity index (χ0v) is 15.2. The van der Waals surface area contributed by atoms with Gasteiger partial charge in [0.2, 0.25) is 11.8 Å². The zero-order chi connectivity index (χ0) is 18.2. The van der Waals surface area contributed by atoms with E-state index in [4.69, 9.17) is 10.5 Å². The van der Waals surface area contributed by atoms with Crippen LogP contribution in [0.1, 0.15) is 32.3 Å². The Labute approximate surface area is 149 Å². The maximum atomic E-state index is 12.7. The minimum atomic E-state index is -0.147. The summed E-state index contributed by atoms with van der Waals surface area (Å²) in [6.07, 6.45) is 2.01. The molecule has 2 amide bonds. The average molecular weight is 347 g/mol. The van der Waals surface area contributed by atoms with Crippen LogP contribution in [-0.2, 0) is 16.0 Å². The number of hydrogen-bond acceptors (Lipinski definition) is 4. The number of carbonyl (C=O) groups excluding carboxylic acids is 2. The van der Waals surface area contributed by atoms with Crippen LogP contribution in [0.2, 0.25) is 0 Å². The first kappa shape index (κ1) is 19.2. The van der Waals surface area contributed by atoms with Crippen LogP contribution < -0.4 is 15.8 Å². The van der Waals surface area contributed by atoms with Crippen LogP contribution in [0.5, 0.6) is 5.75 Å². The Bertz CT molecular complexity index is 589. The Morgan fingerprint density at radius 3 is 2.84 bits per heavy atom. The predicted octanol–water partition coefficient (Wildman–Crippen LogP) is 1.33. The monoisotopic (exact) mass is 347 g/mol. The second-order valence-electron chi connectivity index (χ2n) is 6.71. The lowest BCUT2D eigenvalue weighted by Gasteiger charge is -2.32. The maximum absolute atomic E-state index is 12.7. The highest BCUT2D eigenvalue weighted by Crippen LogP contribution is 2.22. The van der Waals surface area contributed by atoms with Gasteiger partial charge in [-0.25, -0.2) is 0 Å². The van der Waals surface area contributed by atoms with Gasteiger partial charge in [-0.3, -0.25) is 9.59 Å². The van der Waals surface area contributed by atoms with E-state index in [2.05, 4.69) is 5.32 Å². The van der Waals surface area contributed by atoms with Gasteiger partial charge in [-0.1, -0.05) is 18.2 Å². The van der Waals surface area contributed by atoms with E-state index in [1.54, 1.807) is 4.90 Å². The lowest BCUT2D eigenvalue weighted by atomic mass is 9.96. The van der Waals surface area contributed by atoms with Crippen molar-refractivity contribution in [2.45, 2.75) is 39.2 Å². The molecule has 25 heavy (non-hydrogen) atoms. The molecule has 1 aromatic rings. The van der Waals surface area contributed by atoms with Gasteiger partial charge in [0.1, 0.15) is 5.75 Å². The summed E-state index contributed by atoms with van der Waals surface area (Å²) < 4.78 is 5.79. The molecular weight excluding hydrogens is 318 g/mol. The van der Waals surface area contributed by atoms with Crippen LogP contribution in [0.3, 0.4) is 0 Å². The summed E-state index contributed by atoms with van der Waals surface area (Å²) >= 11 is 0. The lowest BCUT2D eigenvalue weighted by molar-refractivity contribution is -0.135. The molecule has 1 unspecified atom stereocenters. The molecule has 0 saturated carbocycles. The number of piperidine rings is 1. The molecule has 1 aliphatic heterocycles. The molecule has 1 heterocycles. The number of likely N-dealkylation sites (tertiary alicyclic amines) is 1. The molecule has 1 aliphatic rings. The van der Waals surface area contributed by atoms with Crippen molar-refractivity contribution in [1.82, 2.24) is 10.2 Å². The first-order valence-electron chi connectivity index (χ1n) is 9.01. The third-order valence-electron chi connectivity index (χ3n) is 4.27. The Balaban J connectivity index is 1.97. The number of nitrogens with one attached hydrogen (secondary N) is 1. The number of nitrogens with two attached hydrogens (primary N) is 1. The summed E-state index contributed by atoms with van der Waals surface area (Å²) in [6.45, 7) is 6.01. The Morgan fingerprint density at radius 1 is 1.36 bits per heavy atom. The summed E-state index contributed by atoms with van der Waals surface area (Å²) in [5.74, 6) is 0.633. The first-order chi connectivity index (χ1) is 12.0. The highest BCUT2D eigenvalue weighted by molar-refractivity contribution is 5.82. The third-order valence-corrected chi connectivity index (χ3v) is 4.27. The first-order valence-corrected chi connectivity index (χ1v) is 9.01. The van der Waals surface area contributed by atoms with Crippen molar-refractivity contribution in [3.8, 4) is 5.75 Å². The Kier molecular flexibility index (Phi) is 7.25. The van der Waals surface area contributed by atoms with E-state index in [-0.39, 0.29) is 23.8 Å². The molecule has 0 aliphatic carbocycles. The summed E-state index contributed by atoms with van der Waals surface area (Å²) in [6, 6.07) is 7.63. The molecule has 0 aromatic heterocycles. The van der Waals surface area contributed by atoms with Gasteiger partial charge in [-0.2, -0.15) is 0 Å². The fourth-order valence-corrected chi connectivity index (χ4v) is 3.05. The van der Waals surface area contributed by atoms with Crippen LogP contribution in [0.25, 0.3) is 0 Å². The second kappa shape index (κ2) is 9.42. The van der Waals surface area contributed by atoms with Gasteiger partial charge in [0.15, 0.2) is 0 Å². The highest BCUT2D eigenvalue weighted by atomic mass is 16.5. The molecule has 0 bridgehead atoms. The number of amides is 2. The van der Waals surface area contributed by atoms with E-state index >= 15 is 0 Å². The number of para-hydroxylation sites is 1. The molecular formula is C19H29N3O3. The molecule has 2 rings (SSSR count). The van der Waals surface area contributed by atoms with Gasteiger partial charge in [-0.05, 0) is 32.8 Å². The molecule has 0 radical (unpaired) electrons. The normalized spacial score (nSPS) is 17.4. The van der Waals surface area contributed by atoms with E-state index in [0.29, 0.717) is 32.6 Å². The van der Waals surface area contributed by atoms with Gasteiger partial charge in [0, 0.05) is 31.7 Å². The van der Waals surface area contributed by atoms with Crippen molar-refractivity contribution in [3.05, 3.63) is 29.8 Å². The number of carbonyl (C=O) groups is 2. The van der Waals surface area contributed by atoms with Crippen molar-refractivity contribution in [1.29, 1.82) is 0 Å². The van der Waals surface area contributed by atoms with Crippen LogP contribution >= 0.6 is 0 Å². The predicted molar refractivity (Wildman–Crippen MR) is 97.3 cm³/mol. The maximum Gasteiger partial charge on any atom is 0.227 e. The van der Waals surface area contributed by atoms with E-state index < -0.39 is 0 Å². The fourth-order valence-electron chi connectivity index (χ4n) is 3.05. The molecule has 0 spiro atoms. The average Bonchev–Trinajstić information content (AvgIpc) is 2.61. The Hall–Kier alpha value is -2.08. The molecule has 1 aromatic carbocycles. The molecule has 1 fully saturated rings. The van der Waals surface area contributed by atoms with Gasteiger partial charge >= 0.3 is 0 Å². The van der Waals surface area contributed by atoms with E-state index in [1.165, 1.54) is 0 Å². The lowest BCUT2D eigenvalue weighted by Crippen LogP contribution is -2.46. The standard InChI is InChI=1S/C19H29N3O3/c1-14(2)25-17-8-4-3-6-15(17)12-18(23)22-11-5-7-16(13-22)19(24)21-10-9-20/h3-4,6,8,14,16H,5,7,9-13,20H2,1-2H3,(H,21,24). The summed E-state index contributed by atoms with van der Waals surface area (Å²) in [7, 11) is 0. The van der Waals surface area contributed by atoms with Crippen molar-refractivity contribution in [3.63, 3.8) is 0 Å². The van der Waals surface area contributed by atoms with Crippen molar-refractivity contribution < 1.29 is 14.3 Å². The van der Waals surface area contributed by atoms with Gasteiger partial charge in [0.05, 0.1) is 18.4 Å². The molecule has 138 valence electrons. The zero-order valence-electron chi connectivity index (χ0n) is 15.2. The van der Waals surface area contributed by atoms with Crippen molar-refractivity contribution >= 4 is 11.8 Å². The van der Waals surface area contributed by atoms with Crippen LogP contribution in [-0.4, -0.2) is 49.0 Å². The number of rotatable bonds is 7. The summed E-state index contributed by atoms with van der Waals surface area (Å²) in [5.41, 5.74) is 6.31. The minimum Gasteiger partial charge on any atom is -0.491 e. The number of nitrogens with zero attached hydrogens (tertiary/aromatic N) is 1. The van der Waals surface area contributed by atoms with Crippen molar-refractivity contribution in [2.24, 2.45) is 11.7 Å². The number of ether oxygens (including phenoxy) is 1. The van der Waals surface area contributed by atoms with E-state index in [0.717, 1.165) is 24.2 Å². The molecule has 6 nitrogen and oxygen atoms in total. The van der Waals surface area contributed by atoms with Crippen LogP contribution in [0.15, 0.2) is 24.3 Å². The van der Waals surface area contributed by atoms with Gasteiger partial charge in [-0.15, -0.1) is 0 Å². The third kappa shape index (κ3) is 5.74. The molecule has 1 atom stereocenters. The molecule has 6 heteroatoms. The van der Waals surface area contributed by atoms with Crippen molar-refractivity contribution in [2.75, 3.05) is 26.2 Å². The number of hydrogen-bond donors (Lipinski definition) is 2. The highest BCUT2D eigenvalue weighted by Gasteiger charge is 2.28. The minimum absolute atomic E-state index is 0.00788. The Morgan fingerprint density at radius 2 is 2.12 bits per heavy atom. The largest absolute Gasteiger partial charge is 0.491 e. The second-order valence-corrected chi connectivity index (χ2v) is 6.71. The SMILES string of the molecule is CC(C)Oc1ccccc1CC(=O)N1CCCC(C(=O)NCCN)C1. The fraction of sp³-hybridized carbons (Fsp3) is 0.579. The molecule has 1 saturated heterocycles. The van der Waals surface area contributed by atoms with E-state index in [1.807, 2.05) is 38.1 Å². The van der Waals surface area contributed by atoms with Gasteiger partial charge < -0.3 is 20.7 Å². The topological polar surface area (TPSA) is 84.7 Å². The smallest absolute Gasteiger partial charge is 0.227 e. The number of benzene rings is 1. The molecule has 3 N–H and O–H groups in total. The van der Waals surface area contributed by atoms with Crippen LogP contribution in [0.4, 0.5) is 0 Å². The van der Waals surface area contributed by atoms with Gasteiger partial charge in [0.25, 0.3) is 0 Å². The van der Waals surface area contributed by atoms with Crippen LogP contribution in [0, 0.1) is 5.92 Å². The van der Waals surface area contributed by atoms with E-state index in [9.17, 15) is 9.59 Å². The summed E-state index contributed by atoms with van der Waals surface area (Å²) in [4.78, 5) is 26.6. The quantitative estimate of drug-likeness (QED) is 0.779.